The van der Waals surface area contributed by atoms with Gasteiger partial charge in [-0.3, -0.25) is 4.79 Å². The first kappa shape index (κ1) is 20.0. The first-order chi connectivity index (χ1) is 13.0. The first-order valence-electron chi connectivity index (χ1n) is 8.83. The molecule has 0 saturated carbocycles. The Bertz CT molecular complexity index is 760. The molecule has 0 spiro atoms. The molecule has 2 aromatic carbocycles. The molecule has 0 bridgehead atoms. The minimum atomic E-state index is -0.285. The van der Waals surface area contributed by atoms with Gasteiger partial charge in [-0.15, -0.1) is 6.58 Å². The highest BCUT2D eigenvalue weighted by Gasteiger charge is 2.11. The van der Waals surface area contributed by atoms with E-state index in [0.717, 1.165) is 5.69 Å². The van der Waals surface area contributed by atoms with Gasteiger partial charge in [0.1, 0.15) is 0 Å². The van der Waals surface area contributed by atoms with E-state index in [1.807, 2.05) is 44.3 Å². The second kappa shape index (κ2) is 10.0. The zero-order valence-corrected chi connectivity index (χ0v) is 15.7. The van der Waals surface area contributed by atoms with Crippen LogP contribution in [-0.4, -0.2) is 38.1 Å². The summed E-state index contributed by atoms with van der Waals surface area (Å²) in [5.41, 5.74) is 2.25. The quantitative estimate of drug-likeness (QED) is 0.628. The van der Waals surface area contributed by atoms with E-state index >= 15 is 0 Å². The summed E-state index contributed by atoms with van der Waals surface area (Å²) in [6.07, 6.45) is 1.62. The Hall–Kier alpha value is -3.28. The lowest BCUT2D eigenvalue weighted by Crippen LogP contribution is -2.41. The average molecular weight is 366 g/mol. The van der Waals surface area contributed by atoms with Gasteiger partial charge < -0.3 is 20.9 Å². The van der Waals surface area contributed by atoms with Crippen LogP contribution in [0.15, 0.2) is 67.3 Å². The van der Waals surface area contributed by atoms with E-state index in [9.17, 15) is 9.59 Å². The van der Waals surface area contributed by atoms with Crippen LogP contribution in [0.1, 0.15) is 17.3 Å². The van der Waals surface area contributed by atoms with E-state index in [1.165, 1.54) is 0 Å². The number of anilines is 2. The molecule has 1 atom stereocenters. The molecule has 0 aliphatic heterocycles. The Balaban J connectivity index is 1.81. The number of para-hydroxylation sites is 1. The van der Waals surface area contributed by atoms with Crippen molar-refractivity contribution in [3.8, 4) is 0 Å². The number of likely N-dealkylation sites (N-methyl/N-ethyl adjacent to an activating group) is 1. The molecule has 6 nitrogen and oxygen atoms in total. The van der Waals surface area contributed by atoms with Crippen LogP contribution in [-0.2, 0) is 0 Å². The molecule has 1 unspecified atom stereocenters. The number of benzene rings is 2. The maximum Gasteiger partial charge on any atom is 0.319 e. The lowest BCUT2D eigenvalue weighted by Gasteiger charge is -2.27. The van der Waals surface area contributed by atoms with Crippen LogP contribution in [0.4, 0.5) is 16.2 Å². The van der Waals surface area contributed by atoms with Crippen molar-refractivity contribution in [2.24, 2.45) is 0 Å². The lowest BCUT2D eigenvalue weighted by atomic mass is 10.2. The number of hydrogen-bond acceptors (Lipinski definition) is 3. The van der Waals surface area contributed by atoms with Crippen molar-refractivity contribution in [2.45, 2.75) is 13.0 Å². The highest BCUT2D eigenvalue weighted by atomic mass is 16.2. The summed E-state index contributed by atoms with van der Waals surface area (Å²) in [6, 6.07) is 16.6. The Morgan fingerprint density at radius 1 is 1.07 bits per heavy atom. The smallest absolute Gasteiger partial charge is 0.319 e. The van der Waals surface area contributed by atoms with Crippen molar-refractivity contribution in [1.29, 1.82) is 0 Å². The van der Waals surface area contributed by atoms with Crippen LogP contribution in [0, 0.1) is 0 Å². The van der Waals surface area contributed by atoms with Gasteiger partial charge in [0.2, 0.25) is 0 Å². The molecule has 2 aromatic rings. The Labute approximate surface area is 160 Å². The minimum absolute atomic E-state index is 0.133. The molecule has 0 radical (unpaired) electrons. The third-order valence-electron chi connectivity index (χ3n) is 4.19. The molecule has 0 aliphatic carbocycles. The van der Waals surface area contributed by atoms with Gasteiger partial charge >= 0.3 is 6.03 Å². The number of urea groups is 1. The Morgan fingerprint density at radius 3 is 2.37 bits per heavy atom. The van der Waals surface area contributed by atoms with E-state index in [2.05, 4.69) is 27.4 Å². The number of carbonyl (C=O) groups is 2. The largest absolute Gasteiger partial charge is 0.370 e. The van der Waals surface area contributed by atoms with Crippen molar-refractivity contribution in [3.63, 3.8) is 0 Å². The highest BCUT2D eigenvalue weighted by Crippen LogP contribution is 2.14. The maximum atomic E-state index is 12.1. The van der Waals surface area contributed by atoms with E-state index < -0.39 is 0 Å². The molecule has 0 saturated heterocycles. The third kappa shape index (κ3) is 6.18. The normalized spacial score (nSPS) is 11.2. The minimum Gasteiger partial charge on any atom is -0.370 e. The third-order valence-corrected chi connectivity index (χ3v) is 4.19. The van der Waals surface area contributed by atoms with Crippen LogP contribution in [0.5, 0.6) is 0 Å². The molecule has 0 heterocycles. The summed E-state index contributed by atoms with van der Waals surface area (Å²) in [4.78, 5) is 26.0. The Kier molecular flexibility index (Phi) is 7.43. The molecule has 142 valence electrons. The zero-order valence-electron chi connectivity index (χ0n) is 15.7. The summed E-state index contributed by atoms with van der Waals surface area (Å²) in [6.45, 7) is 6.52. The summed E-state index contributed by atoms with van der Waals surface area (Å²) >= 11 is 0. The molecule has 3 amide bonds. The van der Waals surface area contributed by atoms with Crippen molar-refractivity contribution in [3.05, 3.63) is 72.8 Å². The van der Waals surface area contributed by atoms with Gasteiger partial charge in [-0.1, -0.05) is 24.3 Å². The first-order valence-corrected chi connectivity index (χ1v) is 8.83. The Morgan fingerprint density at radius 2 is 1.74 bits per heavy atom. The van der Waals surface area contributed by atoms with E-state index in [-0.39, 0.29) is 18.0 Å². The molecular weight excluding hydrogens is 340 g/mol. The number of nitrogens with one attached hydrogen (secondary N) is 3. The van der Waals surface area contributed by atoms with Crippen LogP contribution < -0.4 is 20.9 Å². The fourth-order valence-electron chi connectivity index (χ4n) is 2.44. The second-order valence-electron chi connectivity index (χ2n) is 6.21. The number of nitrogens with zero attached hydrogens (tertiary/aromatic N) is 1. The topological polar surface area (TPSA) is 73.5 Å². The molecular formula is C21H26N4O2. The summed E-state index contributed by atoms with van der Waals surface area (Å²) in [7, 11) is 2.00. The second-order valence-corrected chi connectivity index (χ2v) is 6.21. The van der Waals surface area contributed by atoms with Gasteiger partial charge in [0.15, 0.2) is 0 Å². The molecule has 3 N–H and O–H groups in total. The monoisotopic (exact) mass is 366 g/mol. The number of carbonyl (C=O) groups excluding carboxylic acids is 2. The molecule has 27 heavy (non-hydrogen) atoms. The van der Waals surface area contributed by atoms with Crippen molar-refractivity contribution < 1.29 is 9.59 Å². The SMILES string of the molecule is C=CCNC(=O)c1ccc(NC(=O)NCC(C)N(C)c2ccccc2)cc1. The predicted octanol–water partition coefficient (Wildman–Crippen LogP) is 3.25. The summed E-state index contributed by atoms with van der Waals surface area (Å²) < 4.78 is 0. The molecule has 0 aromatic heterocycles. The summed E-state index contributed by atoms with van der Waals surface area (Å²) in [5, 5.41) is 8.34. The van der Waals surface area contributed by atoms with Gasteiger partial charge in [0.25, 0.3) is 5.91 Å². The van der Waals surface area contributed by atoms with Crippen molar-refractivity contribution >= 4 is 23.3 Å². The number of amides is 3. The maximum absolute atomic E-state index is 12.1. The van der Waals surface area contributed by atoms with Crippen LogP contribution in [0.3, 0.4) is 0 Å². The van der Waals surface area contributed by atoms with Gasteiger partial charge in [0.05, 0.1) is 0 Å². The van der Waals surface area contributed by atoms with Crippen LogP contribution in [0.25, 0.3) is 0 Å². The van der Waals surface area contributed by atoms with Gasteiger partial charge in [-0.2, -0.15) is 0 Å². The van der Waals surface area contributed by atoms with Crippen molar-refractivity contribution in [1.82, 2.24) is 10.6 Å². The average Bonchev–Trinajstić information content (AvgIpc) is 2.70. The lowest BCUT2D eigenvalue weighted by molar-refractivity contribution is 0.0958. The van der Waals surface area contributed by atoms with E-state index in [1.54, 1.807) is 30.3 Å². The van der Waals surface area contributed by atoms with Gasteiger partial charge in [-0.25, -0.2) is 4.79 Å². The summed E-state index contributed by atoms with van der Waals surface area (Å²) in [5.74, 6) is -0.177. The standard InChI is InChI=1S/C21H26N4O2/c1-4-14-22-20(26)17-10-12-18(13-11-17)24-21(27)23-15-16(2)25(3)19-8-6-5-7-9-19/h4-13,16H,1,14-15H2,2-3H3,(H,22,26)(H2,23,24,27). The van der Waals surface area contributed by atoms with E-state index in [0.29, 0.717) is 24.3 Å². The molecule has 0 aliphatic rings. The van der Waals surface area contributed by atoms with Gasteiger partial charge in [0, 0.05) is 43.1 Å². The van der Waals surface area contributed by atoms with Crippen LogP contribution in [0.2, 0.25) is 0 Å². The molecule has 0 fully saturated rings. The number of hydrogen-bond donors (Lipinski definition) is 3. The molecule has 6 heteroatoms. The zero-order chi connectivity index (χ0) is 19.6. The fourth-order valence-corrected chi connectivity index (χ4v) is 2.44. The van der Waals surface area contributed by atoms with E-state index in [4.69, 9.17) is 0 Å². The van der Waals surface area contributed by atoms with Crippen molar-refractivity contribution in [2.75, 3.05) is 30.4 Å². The van der Waals surface area contributed by atoms with Gasteiger partial charge in [-0.05, 0) is 43.3 Å². The fraction of sp³-hybridized carbons (Fsp3) is 0.238. The predicted molar refractivity (Wildman–Crippen MR) is 110 cm³/mol. The highest BCUT2D eigenvalue weighted by molar-refractivity contribution is 5.95. The van der Waals surface area contributed by atoms with Crippen LogP contribution >= 0.6 is 0 Å². The number of rotatable bonds is 8. The molecule has 2 rings (SSSR count).